The highest BCUT2D eigenvalue weighted by atomic mass is 15.1. The van der Waals surface area contributed by atoms with E-state index in [4.69, 9.17) is 0 Å². The minimum atomic E-state index is 0.168. The zero-order valence-corrected chi connectivity index (χ0v) is 28.9. The van der Waals surface area contributed by atoms with E-state index in [2.05, 4.69) is 196 Å². The van der Waals surface area contributed by atoms with Crippen molar-refractivity contribution in [2.24, 2.45) is 0 Å². The average Bonchev–Trinajstić information content (AvgIpc) is 3.86. The first-order chi connectivity index (χ1) is 26.3. The summed E-state index contributed by atoms with van der Waals surface area (Å²) in [5.74, 6) is 0. The van der Waals surface area contributed by atoms with Crippen molar-refractivity contribution in [1.29, 1.82) is 0 Å². The Balaban J connectivity index is 1.09. The van der Waals surface area contributed by atoms with Crippen molar-refractivity contribution in [3.8, 4) is 11.4 Å². The number of hydrogen-bond donors (Lipinski definition) is 0. The van der Waals surface area contributed by atoms with Gasteiger partial charge in [0.15, 0.2) is 0 Å². The van der Waals surface area contributed by atoms with E-state index in [1.165, 1.54) is 98.7 Å². The van der Waals surface area contributed by atoms with E-state index in [9.17, 15) is 0 Å². The number of allylic oxidation sites excluding steroid dienone is 1. The van der Waals surface area contributed by atoms with Crippen LogP contribution in [0.15, 0.2) is 176 Å². The molecular weight excluding hydrogens is 643 g/mol. The van der Waals surface area contributed by atoms with E-state index in [1.807, 2.05) is 0 Å². The summed E-state index contributed by atoms with van der Waals surface area (Å²) in [5.41, 5.74) is 11.3. The molecule has 0 saturated carbocycles. The molecule has 248 valence electrons. The standard InChI is InChI=1S/C50H33N3/c1-6-17-43-36(12-1)37-13-2-7-18-44(37)51(43)34-28-26-32-24-25-33-27-29-35(31-42(33)41(32)30-34)52-47-21-10-5-16-40(47)50-48(52)22-11-23-49(50)53-45-19-8-3-14-38(45)39-15-4-9-20-46(39)53/h1-22,24-31,49H,23H2. The first-order valence-electron chi connectivity index (χ1n) is 18.5. The molecule has 1 unspecified atom stereocenters. The highest BCUT2D eigenvalue weighted by molar-refractivity contribution is 6.12. The van der Waals surface area contributed by atoms with Crippen LogP contribution in [0, 0.1) is 0 Å². The molecule has 0 radical (unpaired) electrons. The fourth-order valence-corrected chi connectivity index (χ4v) is 9.53. The molecule has 3 heteroatoms. The Morgan fingerprint density at radius 1 is 0.377 bits per heavy atom. The molecule has 53 heavy (non-hydrogen) atoms. The van der Waals surface area contributed by atoms with Crippen molar-refractivity contribution in [2.75, 3.05) is 0 Å². The SMILES string of the molecule is C1=Cc2c(c3ccccc3n2-c2ccc3ccc4ccc(-n5c6ccccc6c6ccccc65)cc4c3c2)C(n2c3ccccc3c3ccccc32)C1. The highest BCUT2D eigenvalue weighted by Crippen LogP contribution is 2.45. The topological polar surface area (TPSA) is 14.8 Å². The van der Waals surface area contributed by atoms with Crippen LogP contribution in [0.4, 0.5) is 0 Å². The van der Waals surface area contributed by atoms with Crippen molar-refractivity contribution < 1.29 is 0 Å². The molecular formula is C50H33N3. The van der Waals surface area contributed by atoms with Crippen LogP contribution in [-0.4, -0.2) is 13.7 Å². The normalized spacial score (nSPS) is 14.5. The molecule has 0 fully saturated rings. The minimum absolute atomic E-state index is 0.168. The van der Waals surface area contributed by atoms with Crippen molar-refractivity contribution in [3.05, 3.63) is 187 Å². The quantitative estimate of drug-likeness (QED) is 0.166. The minimum Gasteiger partial charge on any atom is -0.332 e. The van der Waals surface area contributed by atoms with Gasteiger partial charge in [-0.1, -0.05) is 121 Å². The number of hydrogen-bond acceptors (Lipinski definition) is 0. The second-order valence-electron chi connectivity index (χ2n) is 14.5. The van der Waals surface area contributed by atoms with Crippen LogP contribution in [0.3, 0.4) is 0 Å². The molecule has 0 saturated heterocycles. The lowest BCUT2D eigenvalue weighted by molar-refractivity contribution is 0.627. The molecule has 3 aromatic heterocycles. The maximum atomic E-state index is 2.59. The molecule has 11 aromatic rings. The first-order valence-corrected chi connectivity index (χ1v) is 18.5. The van der Waals surface area contributed by atoms with Crippen molar-refractivity contribution in [3.63, 3.8) is 0 Å². The van der Waals surface area contributed by atoms with Crippen molar-refractivity contribution >= 4 is 82.1 Å². The number of fused-ring (bicyclic) bond motifs is 12. The maximum Gasteiger partial charge on any atom is 0.0653 e. The van der Waals surface area contributed by atoms with Gasteiger partial charge in [0.1, 0.15) is 0 Å². The van der Waals surface area contributed by atoms with Gasteiger partial charge >= 0.3 is 0 Å². The number of para-hydroxylation sites is 5. The third-order valence-electron chi connectivity index (χ3n) is 11.8. The smallest absolute Gasteiger partial charge is 0.0653 e. The lowest BCUT2D eigenvalue weighted by atomic mass is 9.94. The molecule has 0 N–H and O–H groups in total. The number of benzene rings is 8. The van der Waals surface area contributed by atoms with E-state index in [0.29, 0.717) is 0 Å². The molecule has 0 amide bonds. The van der Waals surface area contributed by atoms with E-state index in [1.54, 1.807) is 0 Å². The van der Waals surface area contributed by atoms with Gasteiger partial charge in [0.25, 0.3) is 0 Å². The fourth-order valence-electron chi connectivity index (χ4n) is 9.53. The fraction of sp³-hybridized carbons (Fsp3) is 0.0400. The van der Waals surface area contributed by atoms with E-state index in [0.717, 1.165) is 6.42 Å². The van der Waals surface area contributed by atoms with Crippen molar-refractivity contribution in [1.82, 2.24) is 13.7 Å². The Bertz CT molecular complexity index is 3220. The number of aromatic nitrogens is 3. The molecule has 8 aromatic carbocycles. The summed E-state index contributed by atoms with van der Waals surface area (Å²) >= 11 is 0. The van der Waals surface area contributed by atoms with E-state index in [-0.39, 0.29) is 6.04 Å². The summed E-state index contributed by atoms with van der Waals surface area (Å²) in [5, 5.41) is 11.5. The van der Waals surface area contributed by atoms with Gasteiger partial charge in [-0.05, 0) is 88.6 Å². The summed E-state index contributed by atoms with van der Waals surface area (Å²) in [4.78, 5) is 0. The third kappa shape index (κ3) is 3.99. The van der Waals surface area contributed by atoms with Gasteiger partial charge < -0.3 is 13.7 Å². The van der Waals surface area contributed by atoms with Gasteiger partial charge in [-0.25, -0.2) is 0 Å². The largest absolute Gasteiger partial charge is 0.332 e. The second kappa shape index (κ2) is 10.8. The maximum absolute atomic E-state index is 2.59. The monoisotopic (exact) mass is 675 g/mol. The van der Waals surface area contributed by atoms with E-state index >= 15 is 0 Å². The number of rotatable bonds is 3. The van der Waals surface area contributed by atoms with E-state index < -0.39 is 0 Å². The third-order valence-corrected chi connectivity index (χ3v) is 11.8. The zero-order valence-electron chi connectivity index (χ0n) is 28.9. The lowest BCUT2D eigenvalue weighted by Gasteiger charge is -2.24. The van der Waals surface area contributed by atoms with Crippen LogP contribution in [0.1, 0.15) is 23.7 Å². The molecule has 0 spiro atoms. The summed E-state index contributed by atoms with van der Waals surface area (Å²) in [6.45, 7) is 0. The van der Waals surface area contributed by atoms with Crippen LogP contribution >= 0.6 is 0 Å². The molecule has 1 aliphatic rings. The molecule has 3 heterocycles. The lowest BCUT2D eigenvalue weighted by Crippen LogP contribution is -2.14. The van der Waals surface area contributed by atoms with Crippen LogP contribution < -0.4 is 0 Å². The summed E-state index contributed by atoms with van der Waals surface area (Å²) in [6, 6.07) is 62.9. The Kier molecular flexibility index (Phi) is 5.89. The Morgan fingerprint density at radius 3 is 1.34 bits per heavy atom. The van der Waals surface area contributed by atoms with Crippen LogP contribution in [0.5, 0.6) is 0 Å². The van der Waals surface area contributed by atoms with Gasteiger partial charge in [0.2, 0.25) is 0 Å². The van der Waals surface area contributed by atoms with Crippen LogP contribution in [0.25, 0.3) is 93.5 Å². The predicted molar refractivity (Wildman–Crippen MR) is 224 cm³/mol. The predicted octanol–water partition coefficient (Wildman–Crippen LogP) is 13.1. The number of nitrogens with zero attached hydrogens (tertiary/aromatic N) is 3. The van der Waals surface area contributed by atoms with Gasteiger partial charge in [0, 0.05) is 54.9 Å². The van der Waals surface area contributed by atoms with Gasteiger partial charge in [0.05, 0.1) is 28.3 Å². The molecule has 12 rings (SSSR count). The summed E-state index contributed by atoms with van der Waals surface area (Å²) in [6.07, 6.45) is 5.67. The van der Waals surface area contributed by atoms with Crippen molar-refractivity contribution in [2.45, 2.75) is 12.5 Å². The average molecular weight is 676 g/mol. The molecule has 1 atom stereocenters. The summed E-state index contributed by atoms with van der Waals surface area (Å²) in [7, 11) is 0. The van der Waals surface area contributed by atoms with Gasteiger partial charge in [-0.2, -0.15) is 0 Å². The molecule has 0 aliphatic heterocycles. The molecule has 3 nitrogen and oxygen atoms in total. The Labute approximate surface area is 305 Å². The van der Waals surface area contributed by atoms with Crippen LogP contribution in [-0.2, 0) is 0 Å². The summed E-state index contributed by atoms with van der Waals surface area (Å²) < 4.78 is 7.51. The van der Waals surface area contributed by atoms with Gasteiger partial charge in [-0.15, -0.1) is 0 Å². The van der Waals surface area contributed by atoms with Crippen LogP contribution in [0.2, 0.25) is 0 Å². The molecule has 1 aliphatic carbocycles. The molecule has 0 bridgehead atoms. The zero-order chi connectivity index (χ0) is 34.6. The Hall–Kier alpha value is -6.84. The highest BCUT2D eigenvalue weighted by Gasteiger charge is 2.29. The first kappa shape index (κ1) is 28.8. The Morgan fingerprint density at radius 2 is 0.792 bits per heavy atom. The van der Waals surface area contributed by atoms with Gasteiger partial charge in [-0.3, -0.25) is 0 Å². The second-order valence-corrected chi connectivity index (χ2v) is 14.5.